The molecule has 122 valence electrons. The van der Waals surface area contributed by atoms with Crippen LogP contribution >= 0.6 is 11.8 Å². The van der Waals surface area contributed by atoms with Gasteiger partial charge < -0.3 is 10.1 Å². The van der Waals surface area contributed by atoms with Gasteiger partial charge in [-0.25, -0.2) is 0 Å². The topological polar surface area (TPSA) is 38.3 Å². The molecule has 2 aromatic carbocycles. The molecule has 0 saturated carbocycles. The number of carbonyl (C=O) groups excluding carboxylic acids is 1. The van der Waals surface area contributed by atoms with Crippen LogP contribution in [0.3, 0.4) is 0 Å². The van der Waals surface area contributed by atoms with Gasteiger partial charge in [-0.05, 0) is 48.2 Å². The molecular formula is C19H23NO2S. The summed E-state index contributed by atoms with van der Waals surface area (Å²) in [6.07, 6.45) is 1.05. The molecule has 0 unspecified atom stereocenters. The smallest absolute Gasteiger partial charge is 0.234 e. The normalized spacial score (nSPS) is 11.8. The van der Waals surface area contributed by atoms with E-state index in [1.54, 1.807) is 7.11 Å². The van der Waals surface area contributed by atoms with Gasteiger partial charge in [0.05, 0.1) is 12.9 Å². The van der Waals surface area contributed by atoms with E-state index < -0.39 is 0 Å². The molecule has 0 fully saturated rings. The summed E-state index contributed by atoms with van der Waals surface area (Å²) in [4.78, 5) is 13.3. The maximum atomic E-state index is 12.2. The maximum Gasteiger partial charge on any atom is 0.234 e. The summed E-state index contributed by atoms with van der Waals surface area (Å²) in [5.41, 5.74) is 2.11. The molecule has 0 aliphatic heterocycles. The van der Waals surface area contributed by atoms with Gasteiger partial charge in [0, 0.05) is 10.6 Å². The minimum Gasteiger partial charge on any atom is -0.497 e. The molecule has 0 aromatic heterocycles. The Kier molecular flexibility index (Phi) is 6.53. The minimum absolute atomic E-state index is 0.0153. The van der Waals surface area contributed by atoms with Crippen LogP contribution in [0.5, 0.6) is 5.75 Å². The summed E-state index contributed by atoms with van der Waals surface area (Å²) in [7, 11) is 1.64. The molecule has 0 bridgehead atoms. The Labute approximate surface area is 142 Å². The van der Waals surface area contributed by atoms with Gasteiger partial charge in [-0.3, -0.25) is 4.79 Å². The van der Waals surface area contributed by atoms with Gasteiger partial charge in [0.15, 0.2) is 0 Å². The van der Waals surface area contributed by atoms with Crippen molar-refractivity contribution in [2.75, 3.05) is 18.2 Å². The van der Waals surface area contributed by atoms with E-state index in [9.17, 15) is 4.79 Å². The van der Waals surface area contributed by atoms with Crippen molar-refractivity contribution in [1.29, 1.82) is 0 Å². The number of amides is 1. The quantitative estimate of drug-likeness (QED) is 0.731. The number of hydrogen-bond acceptors (Lipinski definition) is 3. The first-order valence-electron chi connectivity index (χ1n) is 7.79. The van der Waals surface area contributed by atoms with E-state index >= 15 is 0 Å². The fourth-order valence-corrected chi connectivity index (χ4v) is 2.97. The van der Waals surface area contributed by atoms with E-state index in [4.69, 9.17) is 4.74 Å². The Morgan fingerprint density at radius 1 is 1.17 bits per heavy atom. The first-order chi connectivity index (χ1) is 11.1. The first-order valence-corrected chi connectivity index (χ1v) is 8.78. The monoisotopic (exact) mass is 329 g/mol. The number of hydrogen-bond donors (Lipinski definition) is 1. The molecule has 3 nitrogen and oxygen atoms in total. The molecule has 1 N–H and O–H groups in total. The van der Waals surface area contributed by atoms with Crippen LogP contribution in [0.25, 0.3) is 0 Å². The molecule has 1 atom stereocenters. The van der Waals surface area contributed by atoms with Crippen LogP contribution < -0.4 is 10.1 Å². The molecule has 2 aromatic rings. The molecule has 0 aliphatic carbocycles. The Morgan fingerprint density at radius 3 is 2.52 bits per heavy atom. The molecule has 4 heteroatoms. The Morgan fingerprint density at radius 2 is 1.87 bits per heavy atom. The summed E-state index contributed by atoms with van der Waals surface area (Å²) in [5.74, 6) is 1.66. The van der Waals surface area contributed by atoms with Gasteiger partial charge in [0.25, 0.3) is 0 Å². The van der Waals surface area contributed by atoms with Crippen LogP contribution in [0.4, 0.5) is 5.69 Å². The zero-order chi connectivity index (χ0) is 16.7. The van der Waals surface area contributed by atoms with E-state index in [1.807, 2.05) is 42.5 Å². The second kappa shape index (κ2) is 8.63. The van der Waals surface area contributed by atoms with E-state index in [0.29, 0.717) is 11.7 Å². The van der Waals surface area contributed by atoms with Gasteiger partial charge in [-0.2, -0.15) is 0 Å². The molecule has 0 radical (unpaired) electrons. The first kappa shape index (κ1) is 17.4. The van der Waals surface area contributed by atoms with Gasteiger partial charge in [0.2, 0.25) is 5.91 Å². The summed E-state index contributed by atoms with van der Waals surface area (Å²) in [5, 5.41) is 3.03. The lowest BCUT2D eigenvalue weighted by Gasteiger charge is -2.15. The molecule has 23 heavy (non-hydrogen) atoms. The number of ether oxygens (including phenoxy) is 1. The number of nitrogens with one attached hydrogen (secondary N) is 1. The lowest BCUT2D eigenvalue weighted by molar-refractivity contribution is -0.113. The molecular weight excluding hydrogens is 306 g/mol. The molecule has 0 aliphatic rings. The van der Waals surface area contributed by atoms with Crippen molar-refractivity contribution in [3.05, 3.63) is 54.1 Å². The Hall–Kier alpha value is -1.94. The molecule has 0 spiro atoms. The maximum absolute atomic E-state index is 12.2. The number of anilines is 1. The van der Waals surface area contributed by atoms with Crippen molar-refractivity contribution < 1.29 is 9.53 Å². The third-order valence-electron chi connectivity index (χ3n) is 3.81. The SMILES string of the molecule is CC[C@H](C)c1ccccc1NC(=O)CSc1ccc(OC)cc1. The number of methoxy groups -OCH3 is 1. The summed E-state index contributed by atoms with van der Waals surface area (Å²) in [6, 6.07) is 15.8. The van der Waals surface area contributed by atoms with E-state index in [1.165, 1.54) is 17.3 Å². The lowest BCUT2D eigenvalue weighted by atomic mass is 9.97. The zero-order valence-electron chi connectivity index (χ0n) is 13.8. The van der Waals surface area contributed by atoms with Crippen LogP contribution in [-0.2, 0) is 4.79 Å². The van der Waals surface area contributed by atoms with Gasteiger partial charge in [0.1, 0.15) is 5.75 Å². The number of carbonyl (C=O) groups is 1. The van der Waals surface area contributed by atoms with Crippen LogP contribution in [0.15, 0.2) is 53.4 Å². The number of para-hydroxylation sites is 1. The van der Waals surface area contributed by atoms with E-state index in [0.717, 1.165) is 22.8 Å². The predicted octanol–water partition coefficient (Wildman–Crippen LogP) is 4.94. The van der Waals surface area contributed by atoms with Crippen molar-refractivity contribution in [1.82, 2.24) is 0 Å². The fraction of sp³-hybridized carbons (Fsp3) is 0.316. The fourth-order valence-electron chi connectivity index (χ4n) is 2.27. The molecule has 2 rings (SSSR count). The van der Waals surface area contributed by atoms with Crippen LogP contribution in [-0.4, -0.2) is 18.8 Å². The van der Waals surface area contributed by atoms with Crippen LogP contribution in [0.2, 0.25) is 0 Å². The van der Waals surface area contributed by atoms with Crippen molar-refractivity contribution in [2.45, 2.75) is 31.1 Å². The van der Waals surface area contributed by atoms with Crippen LogP contribution in [0, 0.1) is 0 Å². The second-order valence-corrected chi connectivity index (χ2v) is 6.46. The van der Waals surface area contributed by atoms with Crippen molar-refractivity contribution in [3.63, 3.8) is 0 Å². The third kappa shape index (κ3) is 5.03. The number of rotatable bonds is 7. The van der Waals surface area contributed by atoms with E-state index in [2.05, 4.69) is 25.2 Å². The standard InChI is InChI=1S/C19H23NO2S/c1-4-14(2)17-7-5-6-8-18(17)20-19(21)13-23-16-11-9-15(22-3)10-12-16/h5-12,14H,4,13H2,1-3H3,(H,20,21)/t14-/m0/s1. The van der Waals surface area contributed by atoms with Gasteiger partial charge >= 0.3 is 0 Å². The zero-order valence-corrected chi connectivity index (χ0v) is 14.7. The Balaban J connectivity index is 1.94. The van der Waals surface area contributed by atoms with Crippen molar-refractivity contribution >= 4 is 23.4 Å². The minimum atomic E-state index is 0.0153. The van der Waals surface area contributed by atoms with Crippen molar-refractivity contribution in [3.8, 4) is 5.75 Å². The number of thioether (sulfide) groups is 1. The highest BCUT2D eigenvalue weighted by Crippen LogP contribution is 2.27. The highest BCUT2D eigenvalue weighted by Gasteiger charge is 2.11. The predicted molar refractivity (Wildman–Crippen MR) is 97.5 cm³/mol. The third-order valence-corrected chi connectivity index (χ3v) is 4.82. The highest BCUT2D eigenvalue weighted by molar-refractivity contribution is 8.00. The average Bonchev–Trinajstić information content (AvgIpc) is 2.60. The largest absolute Gasteiger partial charge is 0.497 e. The summed E-state index contributed by atoms with van der Waals surface area (Å²) < 4.78 is 5.13. The number of benzene rings is 2. The molecule has 1 amide bonds. The molecule has 0 heterocycles. The van der Waals surface area contributed by atoms with Crippen LogP contribution in [0.1, 0.15) is 31.7 Å². The average molecular weight is 329 g/mol. The summed E-state index contributed by atoms with van der Waals surface area (Å²) in [6.45, 7) is 4.33. The van der Waals surface area contributed by atoms with Gasteiger partial charge in [-0.15, -0.1) is 11.8 Å². The lowest BCUT2D eigenvalue weighted by Crippen LogP contribution is -2.15. The van der Waals surface area contributed by atoms with Gasteiger partial charge in [-0.1, -0.05) is 32.0 Å². The second-order valence-electron chi connectivity index (χ2n) is 5.41. The van der Waals surface area contributed by atoms with E-state index in [-0.39, 0.29) is 5.91 Å². The summed E-state index contributed by atoms with van der Waals surface area (Å²) >= 11 is 1.52. The highest BCUT2D eigenvalue weighted by atomic mass is 32.2. The Bertz CT molecular complexity index is 640. The molecule has 0 saturated heterocycles. The van der Waals surface area contributed by atoms with Crippen molar-refractivity contribution in [2.24, 2.45) is 0 Å².